The van der Waals surface area contributed by atoms with Gasteiger partial charge in [0.1, 0.15) is 0 Å². The number of nitrogens with zero attached hydrogens (tertiary/aromatic N) is 2. The summed E-state index contributed by atoms with van der Waals surface area (Å²) in [5.74, 6) is 3.66. The first-order chi connectivity index (χ1) is 12.4. The zero-order valence-electron chi connectivity index (χ0n) is 16.9. The van der Waals surface area contributed by atoms with Crippen LogP contribution in [0, 0.1) is 5.92 Å². The summed E-state index contributed by atoms with van der Waals surface area (Å²) in [5.41, 5.74) is 0.136. The van der Waals surface area contributed by atoms with Crippen molar-refractivity contribution in [1.82, 2.24) is 20.9 Å². The van der Waals surface area contributed by atoms with Crippen molar-refractivity contribution in [2.45, 2.75) is 58.0 Å². The quantitative estimate of drug-likeness (QED) is 0.383. The number of thioether (sulfide) groups is 1. The Bertz CT molecular complexity index is 463. The molecule has 2 fully saturated rings. The smallest absolute Gasteiger partial charge is 0.225 e. The van der Waals surface area contributed by atoms with E-state index in [1.54, 1.807) is 0 Å². The van der Waals surface area contributed by atoms with E-state index in [1.807, 2.05) is 18.8 Å². The van der Waals surface area contributed by atoms with Crippen LogP contribution in [0.2, 0.25) is 0 Å². The van der Waals surface area contributed by atoms with Gasteiger partial charge in [-0.05, 0) is 46.5 Å². The summed E-state index contributed by atoms with van der Waals surface area (Å²) < 4.78 is 0. The highest BCUT2D eigenvalue weighted by atomic mass is 32.2. The van der Waals surface area contributed by atoms with Gasteiger partial charge in [0.25, 0.3) is 0 Å². The number of carbonyl (C=O) groups excluding carboxylic acids is 1. The Kier molecular flexibility index (Phi) is 8.54. The van der Waals surface area contributed by atoms with E-state index in [9.17, 15) is 4.79 Å². The maximum atomic E-state index is 12.6. The van der Waals surface area contributed by atoms with Crippen molar-refractivity contribution in [3.63, 3.8) is 0 Å². The molecule has 3 N–H and O–H groups in total. The molecule has 1 heterocycles. The molecule has 1 saturated heterocycles. The Labute approximate surface area is 163 Å². The predicted octanol–water partition coefficient (Wildman–Crippen LogP) is 1.67. The third kappa shape index (κ3) is 7.35. The lowest BCUT2D eigenvalue weighted by atomic mass is 9.85. The molecule has 2 rings (SSSR count). The molecule has 1 amide bonds. The predicted molar refractivity (Wildman–Crippen MR) is 112 cm³/mol. The van der Waals surface area contributed by atoms with Gasteiger partial charge in [-0.25, -0.2) is 0 Å². The largest absolute Gasteiger partial charge is 0.355 e. The Morgan fingerprint density at radius 2 is 1.77 bits per heavy atom. The molecule has 26 heavy (non-hydrogen) atoms. The van der Waals surface area contributed by atoms with Crippen LogP contribution in [0.5, 0.6) is 0 Å². The summed E-state index contributed by atoms with van der Waals surface area (Å²) in [6, 6.07) is 0.415. The van der Waals surface area contributed by atoms with Crippen LogP contribution in [-0.2, 0) is 4.79 Å². The molecule has 0 unspecified atom stereocenters. The van der Waals surface area contributed by atoms with Gasteiger partial charge in [-0.15, -0.1) is 0 Å². The Morgan fingerprint density at radius 1 is 1.12 bits per heavy atom. The van der Waals surface area contributed by atoms with Crippen molar-refractivity contribution in [3.05, 3.63) is 0 Å². The van der Waals surface area contributed by atoms with E-state index in [-0.39, 0.29) is 11.5 Å². The highest BCUT2D eigenvalue weighted by molar-refractivity contribution is 7.99. The zero-order chi connectivity index (χ0) is 19.0. The summed E-state index contributed by atoms with van der Waals surface area (Å²) in [4.78, 5) is 19.1. The summed E-state index contributed by atoms with van der Waals surface area (Å²) in [7, 11) is 1.82. The molecule has 0 atom stereocenters. The number of hydrogen-bond donors (Lipinski definition) is 3. The fourth-order valence-corrected chi connectivity index (χ4v) is 4.44. The molecule has 2 aliphatic rings. The summed E-state index contributed by atoms with van der Waals surface area (Å²) in [6.45, 7) is 10.1. The number of carbonyl (C=O) groups is 1. The summed E-state index contributed by atoms with van der Waals surface area (Å²) >= 11 is 1.95. The minimum Gasteiger partial charge on any atom is -0.355 e. The van der Waals surface area contributed by atoms with Crippen LogP contribution in [0.15, 0.2) is 4.99 Å². The van der Waals surface area contributed by atoms with Crippen molar-refractivity contribution < 1.29 is 4.79 Å². The molecule has 1 saturated carbocycles. The van der Waals surface area contributed by atoms with Crippen molar-refractivity contribution in [2.24, 2.45) is 10.9 Å². The molecule has 0 bridgehead atoms. The Balaban J connectivity index is 1.67. The summed E-state index contributed by atoms with van der Waals surface area (Å²) in [5, 5.41) is 10.4. The third-order valence-electron chi connectivity index (χ3n) is 5.04. The molecule has 7 heteroatoms. The van der Waals surface area contributed by atoms with Crippen LogP contribution in [0.4, 0.5) is 0 Å². The monoisotopic (exact) mass is 383 g/mol. The van der Waals surface area contributed by atoms with Crippen molar-refractivity contribution in [3.8, 4) is 0 Å². The van der Waals surface area contributed by atoms with Crippen molar-refractivity contribution in [2.75, 3.05) is 44.7 Å². The second-order valence-electron chi connectivity index (χ2n) is 8.31. The molecule has 1 aliphatic carbocycles. The minimum absolute atomic E-state index is 0.136. The molecule has 0 aromatic rings. The van der Waals surface area contributed by atoms with Crippen LogP contribution in [-0.4, -0.2) is 73.1 Å². The van der Waals surface area contributed by atoms with Gasteiger partial charge >= 0.3 is 0 Å². The normalized spacial score (nSPS) is 25.1. The van der Waals surface area contributed by atoms with E-state index in [1.165, 1.54) is 0 Å². The highest BCUT2D eigenvalue weighted by Gasteiger charge is 2.30. The lowest BCUT2D eigenvalue weighted by Gasteiger charge is -2.34. The van der Waals surface area contributed by atoms with Gasteiger partial charge in [0.2, 0.25) is 5.91 Å². The maximum absolute atomic E-state index is 12.6. The molecular formula is C19H37N5OS. The van der Waals surface area contributed by atoms with Crippen LogP contribution in [0.3, 0.4) is 0 Å². The first-order valence-electron chi connectivity index (χ1n) is 9.98. The maximum Gasteiger partial charge on any atom is 0.225 e. The topological polar surface area (TPSA) is 68.8 Å². The van der Waals surface area contributed by atoms with Gasteiger partial charge in [0.15, 0.2) is 5.96 Å². The Hall–Kier alpha value is -0.950. The van der Waals surface area contributed by atoms with E-state index in [0.717, 1.165) is 69.3 Å². The molecule has 0 radical (unpaired) electrons. The SMILES string of the molecule is CN=C(NCCNC(C)(C)C)NC1CCC(C(=O)N2CCSCC2)CC1. The molecule has 150 valence electrons. The first kappa shape index (κ1) is 21.4. The molecule has 0 aromatic heterocycles. The standard InChI is InChI=1S/C19H37N5OS/c1-19(2,3)22-10-9-21-18(20-4)23-16-7-5-15(6-8-16)17(25)24-11-13-26-14-12-24/h15-16,22H,5-14H2,1-4H3,(H2,20,21,23). The average Bonchev–Trinajstić information content (AvgIpc) is 2.64. The fraction of sp³-hybridized carbons (Fsp3) is 0.895. The fourth-order valence-electron chi connectivity index (χ4n) is 3.53. The number of rotatable bonds is 5. The number of aliphatic imine (C=N–C) groups is 1. The molecule has 6 nitrogen and oxygen atoms in total. The molecular weight excluding hydrogens is 346 g/mol. The van der Waals surface area contributed by atoms with Crippen LogP contribution < -0.4 is 16.0 Å². The van der Waals surface area contributed by atoms with E-state index < -0.39 is 0 Å². The van der Waals surface area contributed by atoms with E-state index in [0.29, 0.717) is 11.9 Å². The van der Waals surface area contributed by atoms with E-state index in [4.69, 9.17) is 0 Å². The first-order valence-corrected chi connectivity index (χ1v) is 11.1. The third-order valence-corrected chi connectivity index (χ3v) is 5.98. The molecule has 1 aliphatic heterocycles. The zero-order valence-corrected chi connectivity index (χ0v) is 17.8. The van der Waals surface area contributed by atoms with Gasteiger partial charge in [-0.3, -0.25) is 9.79 Å². The number of nitrogens with one attached hydrogen (secondary N) is 3. The minimum atomic E-state index is 0.136. The second kappa shape index (κ2) is 10.4. The van der Waals surface area contributed by atoms with Crippen LogP contribution in [0.25, 0.3) is 0 Å². The van der Waals surface area contributed by atoms with Crippen LogP contribution >= 0.6 is 11.8 Å². The van der Waals surface area contributed by atoms with Crippen molar-refractivity contribution in [1.29, 1.82) is 0 Å². The van der Waals surface area contributed by atoms with Gasteiger partial charge in [0, 0.05) is 62.2 Å². The number of guanidine groups is 1. The average molecular weight is 384 g/mol. The van der Waals surface area contributed by atoms with Gasteiger partial charge < -0.3 is 20.9 Å². The van der Waals surface area contributed by atoms with Gasteiger partial charge in [0.05, 0.1) is 0 Å². The van der Waals surface area contributed by atoms with Crippen molar-refractivity contribution >= 4 is 23.6 Å². The van der Waals surface area contributed by atoms with E-state index >= 15 is 0 Å². The highest BCUT2D eigenvalue weighted by Crippen LogP contribution is 2.27. The molecule has 0 spiro atoms. The second-order valence-corrected chi connectivity index (χ2v) is 9.53. The van der Waals surface area contributed by atoms with E-state index in [2.05, 4.69) is 46.6 Å². The lowest BCUT2D eigenvalue weighted by molar-refractivity contribution is -0.136. The van der Waals surface area contributed by atoms with Crippen LogP contribution in [0.1, 0.15) is 46.5 Å². The number of hydrogen-bond acceptors (Lipinski definition) is 4. The molecule has 0 aromatic carbocycles. The lowest BCUT2D eigenvalue weighted by Crippen LogP contribution is -2.49. The Morgan fingerprint density at radius 3 is 2.35 bits per heavy atom. The van der Waals surface area contributed by atoms with Gasteiger partial charge in [-0.1, -0.05) is 0 Å². The van der Waals surface area contributed by atoms with Gasteiger partial charge in [-0.2, -0.15) is 11.8 Å². The number of amides is 1. The summed E-state index contributed by atoms with van der Waals surface area (Å²) in [6.07, 6.45) is 4.06.